The summed E-state index contributed by atoms with van der Waals surface area (Å²) < 4.78 is 0. The zero-order chi connectivity index (χ0) is 7.98. The van der Waals surface area contributed by atoms with E-state index in [1.807, 2.05) is 0 Å². The van der Waals surface area contributed by atoms with Crippen molar-refractivity contribution in [3.8, 4) is 0 Å². The lowest BCUT2D eigenvalue weighted by Gasteiger charge is -2.21. The van der Waals surface area contributed by atoms with Crippen molar-refractivity contribution < 1.29 is 15.1 Å². The molecule has 0 spiro atoms. The van der Waals surface area contributed by atoms with Gasteiger partial charge >= 0.3 is 0 Å². The van der Waals surface area contributed by atoms with E-state index in [1.165, 1.54) is 7.05 Å². The molecule has 0 aliphatic heterocycles. The molecule has 0 aliphatic rings. The first-order valence-electron chi connectivity index (χ1n) is 2.96. The minimum atomic E-state index is -0.412. The number of hydroxylamine groups is 4. The molecule has 5 nitrogen and oxygen atoms in total. The lowest BCUT2D eigenvalue weighted by Crippen LogP contribution is -3.14. The monoisotopic (exact) mass is 148 g/mol. The van der Waals surface area contributed by atoms with Gasteiger partial charge in [0.15, 0.2) is 6.54 Å². The van der Waals surface area contributed by atoms with Gasteiger partial charge in [0.1, 0.15) is 12.8 Å². The highest BCUT2D eigenvalue weighted by Crippen LogP contribution is 1.52. The van der Waals surface area contributed by atoms with Crippen LogP contribution in [0.2, 0.25) is 0 Å². The molecule has 0 bridgehead atoms. The first kappa shape index (κ1) is 9.38. The fourth-order valence-corrected chi connectivity index (χ4v) is 0.430. The Balaban J connectivity index is 3.20. The van der Waals surface area contributed by atoms with E-state index < -0.39 is 5.23 Å². The third-order valence-electron chi connectivity index (χ3n) is 0.896. The van der Waals surface area contributed by atoms with E-state index in [-0.39, 0.29) is 18.2 Å². The van der Waals surface area contributed by atoms with E-state index in [0.717, 1.165) is 6.26 Å². The summed E-state index contributed by atoms with van der Waals surface area (Å²) in [5.41, 5.74) is 0. The topological polar surface area (TPSA) is 64.2 Å². The molecule has 0 aromatic carbocycles. The van der Waals surface area contributed by atoms with Crippen LogP contribution in [0.15, 0.2) is 12.8 Å². The van der Waals surface area contributed by atoms with Crippen molar-refractivity contribution >= 4 is 0 Å². The summed E-state index contributed by atoms with van der Waals surface area (Å²) in [7, 11) is 1.43. The van der Waals surface area contributed by atoms with Crippen molar-refractivity contribution in [2.45, 2.75) is 0 Å². The van der Waals surface area contributed by atoms with Crippen LogP contribution >= 0.6 is 0 Å². The summed E-state index contributed by atoms with van der Waals surface area (Å²) >= 11 is 0. The van der Waals surface area contributed by atoms with E-state index in [4.69, 9.17) is 0 Å². The Bertz CT molecular complexity index is 96.9. The van der Waals surface area contributed by atoms with E-state index in [9.17, 15) is 10.4 Å². The normalized spacial score (nSPS) is 15.9. The third-order valence-corrected chi connectivity index (χ3v) is 0.896. The van der Waals surface area contributed by atoms with Gasteiger partial charge < -0.3 is 20.3 Å². The zero-order valence-corrected chi connectivity index (χ0v) is 5.92. The van der Waals surface area contributed by atoms with Gasteiger partial charge in [-0.15, -0.1) is 0 Å². The van der Waals surface area contributed by atoms with Crippen molar-refractivity contribution in [2.75, 3.05) is 20.1 Å². The van der Waals surface area contributed by atoms with Gasteiger partial charge in [0.05, 0.1) is 7.05 Å². The molecule has 2 N–H and O–H groups in total. The van der Waals surface area contributed by atoms with Crippen molar-refractivity contribution in [2.24, 2.45) is 0 Å². The maximum Gasteiger partial charge on any atom is 0.165 e. The molecule has 0 fully saturated rings. The third kappa shape index (κ3) is 5.52. The molecule has 2 atom stereocenters. The highest BCUT2D eigenvalue weighted by molar-refractivity contribution is 4.42. The summed E-state index contributed by atoms with van der Waals surface area (Å²) in [6.45, 7) is 3.58. The Kier molecular flexibility index (Phi) is 4.87. The van der Waals surface area contributed by atoms with Crippen LogP contribution in [0.5, 0.6) is 0 Å². The molecule has 0 aromatic heterocycles. The molecule has 0 radical (unpaired) electrons. The number of nitrogens with one attached hydrogen (secondary N) is 2. The maximum absolute atomic E-state index is 10.5. The van der Waals surface area contributed by atoms with Crippen molar-refractivity contribution in [3.63, 3.8) is 0 Å². The molecule has 60 valence electrons. The van der Waals surface area contributed by atoms with Crippen molar-refractivity contribution in [1.29, 1.82) is 0 Å². The second kappa shape index (κ2) is 5.19. The Morgan fingerprint density at radius 1 is 1.50 bits per heavy atom. The molecular weight excluding hydrogens is 136 g/mol. The summed E-state index contributed by atoms with van der Waals surface area (Å²) in [6, 6.07) is 0. The van der Waals surface area contributed by atoms with Gasteiger partial charge in [-0.3, -0.25) is 0 Å². The largest absolute Gasteiger partial charge is 0.634 e. The lowest BCUT2D eigenvalue weighted by molar-refractivity contribution is -1.05. The SMILES string of the molecule is C=CO[NH+]([O-])CC[NH+](C)[O-]. The van der Waals surface area contributed by atoms with Crippen LogP contribution in [0.1, 0.15) is 0 Å². The summed E-state index contributed by atoms with van der Waals surface area (Å²) in [5, 5.41) is 20.4. The molecular formula is C5H12N2O3. The Labute approximate surface area is 59.6 Å². The molecule has 0 aromatic rings. The van der Waals surface area contributed by atoms with Gasteiger partial charge in [-0.2, -0.15) is 5.23 Å². The average Bonchev–Trinajstić information content (AvgIpc) is 1.85. The fraction of sp³-hybridized carbons (Fsp3) is 0.600. The van der Waals surface area contributed by atoms with E-state index >= 15 is 0 Å². The van der Waals surface area contributed by atoms with Gasteiger partial charge in [-0.05, 0) is 0 Å². The molecule has 0 heterocycles. The quantitative estimate of drug-likeness (QED) is 0.333. The standard InChI is InChI=1S/C5H12N2O3/c1-3-10-7(9)5-4-6(2)8/h3,6-7H,1,4-5H2,2H3. The van der Waals surface area contributed by atoms with Crippen LogP contribution < -0.4 is 10.3 Å². The van der Waals surface area contributed by atoms with Gasteiger partial charge in [-0.1, -0.05) is 6.58 Å². The highest BCUT2D eigenvalue weighted by atomic mass is 16.9. The maximum atomic E-state index is 10.5. The Hall–Kier alpha value is -0.620. The number of rotatable bonds is 5. The van der Waals surface area contributed by atoms with Crippen LogP contribution in [-0.4, -0.2) is 20.1 Å². The number of quaternary nitrogens is 2. The predicted octanol–water partition coefficient (Wildman–Crippen LogP) is -2.54. The first-order chi connectivity index (χ1) is 4.66. The van der Waals surface area contributed by atoms with Crippen molar-refractivity contribution in [3.05, 3.63) is 23.3 Å². The highest BCUT2D eigenvalue weighted by Gasteiger charge is 1.96. The fourth-order valence-electron chi connectivity index (χ4n) is 0.430. The number of hydrogen-bond acceptors (Lipinski definition) is 3. The van der Waals surface area contributed by atoms with Crippen LogP contribution in [0.3, 0.4) is 0 Å². The second-order valence-electron chi connectivity index (χ2n) is 1.86. The molecule has 0 rings (SSSR count). The van der Waals surface area contributed by atoms with Gasteiger partial charge in [0, 0.05) is 0 Å². The summed E-state index contributed by atoms with van der Waals surface area (Å²) in [6.07, 6.45) is 1.06. The minimum Gasteiger partial charge on any atom is -0.634 e. The van der Waals surface area contributed by atoms with E-state index in [1.54, 1.807) is 0 Å². The van der Waals surface area contributed by atoms with Crippen LogP contribution in [0.4, 0.5) is 0 Å². The molecule has 0 amide bonds. The summed E-state index contributed by atoms with van der Waals surface area (Å²) in [4.78, 5) is 4.36. The summed E-state index contributed by atoms with van der Waals surface area (Å²) in [5.74, 6) is 0. The average molecular weight is 148 g/mol. The predicted molar refractivity (Wildman–Crippen MR) is 35.6 cm³/mol. The molecule has 0 saturated heterocycles. The van der Waals surface area contributed by atoms with E-state index in [2.05, 4.69) is 11.4 Å². The lowest BCUT2D eigenvalue weighted by atomic mass is 10.6. The van der Waals surface area contributed by atoms with Crippen LogP contribution in [0.25, 0.3) is 0 Å². The number of hydrogen-bond donors (Lipinski definition) is 2. The van der Waals surface area contributed by atoms with Crippen LogP contribution in [-0.2, 0) is 4.84 Å². The van der Waals surface area contributed by atoms with Gasteiger partial charge in [0.25, 0.3) is 0 Å². The van der Waals surface area contributed by atoms with E-state index in [0.29, 0.717) is 0 Å². The zero-order valence-electron chi connectivity index (χ0n) is 5.92. The number of likely N-dealkylation sites (N-methyl/N-ethyl adjacent to an activating group) is 1. The Morgan fingerprint density at radius 2 is 2.10 bits per heavy atom. The first-order valence-corrected chi connectivity index (χ1v) is 2.96. The van der Waals surface area contributed by atoms with Gasteiger partial charge in [0.2, 0.25) is 0 Å². The second-order valence-corrected chi connectivity index (χ2v) is 1.86. The van der Waals surface area contributed by atoms with Gasteiger partial charge in [-0.25, -0.2) is 0 Å². The van der Waals surface area contributed by atoms with Crippen molar-refractivity contribution in [1.82, 2.24) is 0 Å². The molecule has 5 heteroatoms. The smallest absolute Gasteiger partial charge is 0.165 e. The minimum absolute atomic E-state index is 0.0130. The molecule has 0 saturated carbocycles. The molecule has 10 heavy (non-hydrogen) atoms. The Morgan fingerprint density at radius 3 is 2.50 bits per heavy atom. The molecule has 2 unspecified atom stereocenters. The van der Waals surface area contributed by atoms with Crippen LogP contribution in [0, 0.1) is 10.4 Å². The molecule has 0 aliphatic carbocycles.